The summed E-state index contributed by atoms with van der Waals surface area (Å²) in [7, 11) is -3.59. The van der Waals surface area contributed by atoms with Gasteiger partial charge in [-0.05, 0) is 36.2 Å². The number of nitrogens with one attached hydrogen (secondary N) is 1. The Bertz CT molecular complexity index is 908. The highest BCUT2D eigenvalue weighted by atomic mass is 32.2. The van der Waals surface area contributed by atoms with E-state index < -0.39 is 9.84 Å². The Labute approximate surface area is 153 Å². The summed E-state index contributed by atoms with van der Waals surface area (Å²) in [6.07, 6.45) is 0.745. The lowest BCUT2D eigenvalue weighted by atomic mass is 10.1. The maximum Gasteiger partial charge on any atom is 0.225 e. The van der Waals surface area contributed by atoms with Crippen molar-refractivity contribution in [3.05, 3.63) is 48.0 Å². The molecule has 2 aromatic carbocycles. The molecule has 2 aromatic rings. The maximum atomic E-state index is 12.5. The quantitative estimate of drug-likeness (QED) is 0.840. The summed E-state index contributed by atoms with van der Waals surface area (Å²) in [5, 5.41) is 2.74. The summed E-state index contributed by atoms with van der Waals surface area (Å²) in [5.41, 5.74) is 1.78. The van der Waals surface area contributed by atoms with Crippen molar-refractivity contribution in [2.24, 2.45) is 0 Å². The number of ether oxygens (including phenoxy) is 2. The number of amides is 1. The molecule has 1 aliphatic heterocycles. The molecule has 26 heavy (non-hydrogen) atoms. The molecule has 1 amide bonds. The van der Waals surface area contributed by atoms with Crippen molar-refractivity contribution in [2.75, 3.05) is 24.3 Å². The van der Waals surface area contributed by atoms with Crippen LogP contribution in [0.2, 0.25) is 0 Å². The number of anilines is 1. The van der Waals surface area contributed by atoms with E-state index in [1.165, 1.54) is 12.1 Å². The van der Waals surface area contributed by atoms with Crippen LogP contribution >= 0.6 is 0 Å². The monoisotopic (exact) mass is 375 g/mol. The van der Waals surface area contributed by atoms with Crippen LogP contribution in [0.25, 0.3) is 0 Å². The Morgan fingerprint density at radius 3 is 2.62 bits per heavy atom. The van der Waals surface area contributed by atoms with Crippen LogP contribution in [-0.4, -0.2) is 33.3 Å². The number of aryl methyl sites for hydroxylation is 1. The zero-order valence-electron chi connectivity index (χ0n) is 14.5. The van der Waals surface area contributed by atoms with Crippen molar-refractivity contribution >= 4 is 21.4 Å². The van der Waals surface area contributed by atoms with Crippen molar-refractivity contribution in [2.45, 2.75) is 24.7 Å². The summed E-state index contributed by atoms with van der Waals surface area (Å²) in [5.74, 6) is 0.340. The van der Waals surface area contributed by atoms with E-state index in [2.05, 4.69) is 5.32 Å². The van der Waals surface area contributed by atoms with Crippen molar-refractivity contribution in [1.29, 1.82) is 0 Å². The van der Waals surface area contributed by atoms with Gasteiger partial charge < -0.3 is 14.8 Å². The largest absolute Gasteiger partial charge is 0.486 e. The molecule has 0 fully saturated rings. The van der Waals surface area contributed by atoms with E-state index in [1.807, 2.05) is 25.1 Å². The predicted molar refractivity (Wildman–Crippen MR) is 98.6 cm³/mol. The highest BCUT2D eigenvalue weighted by molar-refractivity contribution is 7.91. The molecule has 138 valence electrons. The summed E-state index contributed by atoms with van der Waals surface area (Å²) in [4.78, 5) is 12.2. The molecular weight excluding hydrogens is 354 g/mol. The number of fused-ring (bicyclic) bond motifs is 1. The van der Waals surface area contributed by atoms with Gasteiger partial charge in [-0.2, -0.15) is 0 Å². The molecule has 7 heteroatoms. The summed E-state index contributed by atoms with van der Waals surface area (Å²) < 4.78 is 35.8. The minimum atomic E-state index is -3.59. The van der Waals surface area contributed by atoms with E-state index in [0.29, 0.717) is 30.4 Å². The minimum absolute atomic E-state index is 0.118. The van der Waals surface area contributed by atoms with Gasteiger partial charge in [0.25, 0.3) is 0 Å². The number of hydrogen-bond acceptors (Lipinski definition) is 5. The average Bonchev–Trinajstić information content (AvgIpc) is 2.66. The molecular formula is C19H21NO5S. The van der Waals surface area contributed by atoms with E-state index in [1.54, 1.807) is 12.1 Å². The first kappa shape index (κ1) is 18.3. The molecule has 1 heterocycles. The van der Waals surface area contributed by atoms with Crippen LogP contribution in [0, 0.1) is 0 Å². The molecule has 0 spiro atoms. The first-order valence-corrected chi connectivity index (χ1v) is 10.1. The van der Waals surface area contributed by atoms with Crippen LogP contribution in [0.4, 0.5) is 5.69 Å². The lowest BCUT2D eigenvalue weighted by Gasteiger charge is -2.18. The Morgan fingerprint density at radius 2 is 1.85 bits per heavy atom. The third-order valence-electron chi connectivity index (χ3n) is 4.09. The van der Waals surface area contributed by atoms with E-state index in [-0.39, 0.29) is 23.0 Å². The summed E-state index contributed by atoms with van der Waals surface area (Å²) in [6.45, 7) is 2.86. The molecule has 6 nitrogen and oxygen atoms in total. The second-order valence-electron chi connectivity index (χ2n) is 5.98. The first-order valence-electron chi connectivity index (χ1n) is 8.49. The molecule has 1 N–H and O–H groups in total. The topological polar surface area (TPSA) is 81.7 Å². The fourth-order valence-electron chi connectivity index (χ4n) is 2.65. The van der Waals surface area contributed by atoms with E-state index >= 15 is 0 Å². The minimum Gasteiger partial charge on any atom is -0.486 e. The summed E-state index contributed by atoms with van der Waals surface area (Å²) >= 11 is 0. The molecule has 0 atom stereocenters. The van der Waals surface area contributed by atoms with Gasteiger partial charge in [-0.15, -0.1) is 0 Å². The van der Waals surface area contributed by atoms with Gasteiger partial charge in [0.15, 0.2) is 21.3 Å². The number of rotatable bonds is 6. The van der Waals surface area contributed by atoms with Crippen LogP contribution in [0.1, 0.15) is 18.9 Å². The normalized spacial score (nSPS) is 13.3. The summed E-state index contributed by atoms with van der Waals surface area (Å²) in [6, 6.07) is 12.0. The van der Waals surface area contributed by atoms with Gasteiger partial charge >= 0.3 is 0 Å². The van der Waals surface area contributed by atoms with Gasteiger partial charge in [-0.3, -0.25) is 4.79 Å². The molecule has 0 saturated carbocycles. The Hall–Kier alpha value is -2.54. The van der Waals surface area contributed by atoms with Crippen LogP contribution in [-0.2, 0) is 21.1 Å². The Balaban J connectivity index is 1.63. The van der Waals surface area contributed by atoms with Gasteiger partial charge in [0.05, 0.1) is 10.6 Å². The molecule has 0 aliphatic carbocycles. The fourth-order valence-corrected chi connectivity index (χ4v) is 3.91. The lowest BCUT2D eigenvalue weighted by molar-refractivity contribution is -0.115. The molecule has 0 saturated heterocycles. The molecule has 1 aliphatic rings. The van der Waals surface area contributed by atoms with E-state index in [9.17, 15) is 13.2 Å². The van der Waals surface area contributed by atoms with Gasteiger partial charge in [0.2, 0.25) is 5.91 Å². The number of sulfone groups is 1. The van der Waals surface area contributed by atoms with Gasteiger partial charge in [0, 0.05) is 18.2 Å². The van der Waals surface area contributed by atoms with Crippen LogP contribution in [0.5, 0.6) is 11.5 Å². The first-order chi connectivity index (χ1) is 12.5. The molecule has 0 bridgehead atoms. The number of hydrogen-bond donors (Lipinski definition) is 1. The maximum absolute atomic E-state index is 12.5. The predicted octanol–water partition coefficient (Wildman–Crippen LogP) is 2.82. The van der Waals surface area contributed by atoms with Crippen LogP contribution in [0.3, 0.4) is 0 Å². The highest BCUT2D eigenvalue weighted by Crippen LogP contribution is 2.32. The fraction of sp³-hybridized carbons (Fsp3) is 0.316. The molecule has 0 unspecified atom stereocenters. The van der Waals surface area contributed by atoms with Crippen molar-refractivity contribution in [1.82, 2.24) is 0 Å². The lowest BCUT2D eigenvalue weighted by Crippen LogP contribution is -2.18. The zero-order valence-corrected chi connectivity index (χ0v) is 15.3. The van der Waals surface area contributed by atoms with E-state index in [4.69, 9.17) is 9.47 Å². The number of benzene rings is 2. The Morgan fingerprint density at radius 1 is 1.08 bits per heavy atom. The molecule has 0 aromatic heterocycles. The average molecular weight is 375 g/mol. The van der Waals surface area contributed by atoms with Crippen molar-refractivity contribution < 1.29 is 22.7 Å². The van der Waals surface area contributed by atoms with Gasteiger partial charge in [-0.25, -0.2) is 8.42 Å². The van der Waals surface area contributed by atoms with Crippen molar-refractivity contribution in [3.63, 3.8) is 0 Å². The zero-order chi connectivity index (χ0) is 18.6. The number of carbonyl (C=O) groups excluding carboxylic acids is 1. The SMILES string of the molecule is CCc1cccc(NC(=O)CCS(=O)(=O)c2ccc3c(c2)OCCO3)c1. The molecule has 0 radical (unpaired) electrons. The third-order valence-corrected chi connectivity index (χ3v) is 5.80. The smallest absolute Gasteiger partial charge is 0.225 e. The third kappa shape index (κ3) is 4.35. The van der Waals surface area contributed by atoms with E-state index in [0.717, 1.165) is 12.0 Å². The van der Waals surface area contributed by atoms with Gasteiger partial charge in [0.1, 0.15) is 13.2 Å². The number of carbonyl (C=O) groups is 1. The molecule has 3 rings (SSSR count). The van der Waals surface area contributed by atoms with Crippen LogP contribution < -0.4 is 14.8 Å². The Kier molecular flexibility index (Phi) is 5.46. The second-order valence-corrected chi connectivity index (χ2v) is 8.09. The second kappa shape index (κ2) is 7.78. The standard InChI is InChI=1S/C19H21NO5S/c1-2-14-4-3-5-15(12-14)20-19(21)8-11-26(22,23)16-6-7-17-18(13-16)25-10-9-24-17/h3-7,12-13H,2,8-11H2,1H3,(H,20,21). The van der Waals surface area contributed by atoms with Gasteiger partial charge in [-0.1, -0.05) is 19.1 Å². The van der Waals surface area contributed by atoms with Crippen molar-refractivity contribution in [3.8, 4) is 11.5 Å². The highest BCUT2D eigenvalue weighted by Gasteiger charge is 2.20. The van der Waals surface area contributed by atoms with Crippen LogP contribution in [0.15, 0.2) is 47.4 Å².